The third kappa shape index (κ3) is 2.32. The molecule has 6 heteroatoms. The van der Waals surface area contributed by atoms with Crippen LogP contribution >= 0.6 is 11.3 Å². The molecule has 2 N–H and O–H groups in total. The molecule has 1 atom stereocenters. The lowest BCUT2D eigenvalue weighted by molar-refractivity contribution is 0.388. The summed E-state index contributed by atoms with van der Waals surface area (Å²) < 4.78 is 7.24. The summed E-state index contributed by atoms with van der Waals surface area (Å²) in [5.74, 6) is 0.580. The van der Waals surface area contributed by atoms with E-state index >= 15 is 0 Å². The Hall–Kier alpha value is -1.92. The molecule has 98 valence electrons. The number of methoxy groups -OCH3 is 1. The van der Waals surface area contributed by atoms with Crippen LogP contribution in [0, 0.1) is 0 Å². The van der Waals surface area contributed by atoms with Crippen LogP contribution in [-0.4, -0.2) is 21.5 Å². The Kier molecular flexibility index (Phi) is 3.18. The van der Waals surface area contributed by atoms with E-state index in [0.29, 0.717) is 12.3 Å². The molecule has 3 aromatic rings. The van der Waals surface area contributed by atoms with E-state index in [0.717, 1.165) is 16.2 Å². The lowest BCUT2D eigenvalue weighted by Gasteiger charge is -2.13. The first-order valence-electron chi connectivity index (χ1n) is 5.93. The molecule has 0 aromatic carbocycles. The minimum Gasteiger partial charge on any atom is -0.481 e. The van der Waals surface area contributed by atoms with Crippen LogP contribution < -0.4 is 10.5 Å². The molecule has 0 saturated carbocycles. The number of fused-ring (bicyclic) bond motifs is 1. The number of nitrogens with two attached hydrogens (primary N) is 1. The van der Waals surface area contributed by atoms with Crippen LogP contribution in [0.4, 0.5) is 0 Å². The van der Waals surface area contributed by atoms with Crippen LogP contribution in [0.2, 0.25) is 0 Å². The van der Waals surface area contributed by atoms with Crippen molar-refractivity contribution in [1.29, 1.82) is 0 Å². The number of imidazole rings is 1. The molecule has 3 heterocycles. The Labute approximate surface area is 114 Å². The molecule has 5 nitrogen and oxygen atoms in total. The Morgan fingerprint density at radius 2 is 2.42 bits per heavy atom. The number of hydrogen-bond donors (Lipinski definition) is 1. The second kappa shape index (κ2) is 4.99. The summed E-state index contributed by atoms with van der Waals surface area (Å²) in [5.41, 5.74) is 8.11. The summed E-state index contributed by atoms with van der Waals surface area (Å²) in [5, 5.41) is 2.01. The Morgan fingerprint density at radius 1 is 1.53 bits per heavy atom. The van der Waals surface area contributed by atoms with E-state index in [1.54, 1.807) is 24.6 Å². The van der Waals surface area contributed by atoms with Crippen LogP contribution in [0.15, 0.2) is 36.1 Å². The topological polar surface area (TPSA) is 65.4 Å². The van der Waals surface area contributed by atoms with E-state index in [9.17, 15) is 0 Å². The fourth-order valence-corrected chi connectivity index (χ4v) is 2.78. The maximum atomic E-state index is 6.23. The summed E-state index contributed by atoms with van der Waals surface area (Å²) in [7, 11) is 1.60. The second-order valence-corrected chi connectivity index (χ2v) is 5.11. The van der Waals surface area contributed by atoms with Gasteiger partial charge in [0.2, 0.25) is 5.88 Å². The summed E-state index contributed by atoms with van der Waals surface area (Å²) >= 11 is 1.61. The Morgan fingerprint density at radius 3 is 3.21 bits per heavy atom. The van der Waals surface area contributed by atoms with Gasteiger partial charge in [0.1, 0.15) is 0 Å². The third-order valence-corrected chi connectivity index (χ3v) is 3.74. The van der Waals surface area contributed by atoms with E-state index in [1.165, 1.54) is 0 Å². The van der Waals surface area contributed by atoms with E-state index in [1.807, 2.05) is 34.3 Å². The van der Waals surface area contributed by atoms with Crippen molar-refractivity contribution in [1.82, 2.24) is 14.4 Å². The molecule has 0 radical (unpaired) electrons. The van der Waals surface area contributed by atoms with Gasteiger partial charge in [-0.2, -0.15) is 0 Å². The second-order valence-electron chi connectivity index (χ2n) is 4.24. The van der Waals surface area contributed by atoms with Gasteiger partial charge in [-0.1, -0.05) is 6.07 Å². The van der Waals surface area contributed by atoms with Crippen LogP contribution in [0.5, 0.6) is 5.88 Å². The molecule has 0 saturated heterocycles. The molecule has 0 aliphatic heterocycles. The van der Waals surface area contributed by atoms with Crippen molar-refractivity contribution < 1.29 is 4.74 Å². The van der Waals surface area contributed by atoms with Crippen molar-refractivity contribution >= 4 is 16.3 Å². The minimum absolute atomic E-state index is 0.173. The predicted octanol–water partition coefficient (Wildman–Crippen LogP) is 2.04. The van der Waals surface area contributed by atoms with E-state index in [4.69, 9.17) is 10.5 Å². The summed E-state index contributed by atoms with van der Waals surface area (Å²) in [6.45, 7) is 0. The van der Waals surface area contributed by atoms with Gasteiger partial charge in [0.05, 0.1) is 12.8 Å². The number of hydrogen-bond acceptors (Lipinski definition) is 5. The molecule has 0 amide bonds. The van der Waals surface area contributed by atoms with Gasteiger partial charge in [-0.25, -0.2) is 9.97 Å². The third-order valence-electron chi connectivity index (χ3n) is 2.97. The zero-order chi connectivity index (χ0) is 13.2. The number of ether oxygens (including phenoxy) is 1. The quantitative estimate of drug-likeness (QED) is 0.790. The molecular weight excluding hydrogens is 260 g/mol. The predicted molar refractivity (Wildman–Crippen MR) is 74.5 cm³/mol. The average Bonchev–Trinajstić information content (AvgIpc) is 2.99. The first-order valence-corrected chi connectivity index (χ1v) is 6.81. The van der Waals surface area contributed by atoms with E-state index in [2.05, 4.69) is 9.97 Å². The highest BCUT2D eigenvalue weighted by atomic mass is 32.1. The van der Waals surface area contributed by atoms with Gasteiger partial charge in [-0.15, -0.1) is 11.3 Å². The van der Waals surface area contributed by atoms with Crippen molar-refractivity contribution in [2.24, 2.45) is 5.73 Å². The van der Waals surface area contributed by atoms with Crippen molar-refractivity contribution in [3.8, 4) is 5.88 Å². The zero-order valence-corrected chi connectivity index (χ0v) is 11.3. The van der Waals surface area contributed by atoms with Gasteiger partial charge < -0.3 is 10.5 Å². The number of pyridine rings is 1. The SMILES string of the molecule is COc1ncccc1C(N)Cc1cn2ccsc2n1. The van der Waals surface area contributed by atoms with Gasteiger partial charge in [0, 0.05) is 42.0 Å². The minimum atomic E-state index is -0.173. The summed E-state index contributed by atoms with van der Waals surface area (Å²) in [6.07, 6.45) is 6.36. The normalized spacial score (nSPS) is 12.7. The molecule has 0 bridgehead atoms. The highest BCUT2D eigenvalue weighted by Crippen LogP contribution is 2.23. The smallest absolute Gasteiger partial charge is 0.217 e. The number of nitrogens with zero attached hydrogens (tertiary/aromatic N) is 3. The number of rotatable bonds is 4. The van der Waals surface area contributed by atoms with Crippen LogP contribution in [-0.2, 0) is 6.42 Å². The monoisotopic (exact) mass is 274 g/mol. The fraction of sp³-hybridized carbons (Fsp3) is 0.231. The standard InChI is InChI=1S/C13H14N4OS/c1-18-12-10(3-2-4-15-12)11(14)7-9-8-17-5-6-19-13(17)16-9/h2-6,8,11H,7,14H2,1H3. The largest absolute Gasteiger partial charge is 0.481 e. The maximum Gasteiger partial charge on any atom is 0.217 e. The molecule has 0 fully saturated rings. The Balaban J connectivity index is 1.84. The van der Waals surface area contributed by atoms with E-state index < -0.39 is 0 Å². The molecule has 0 aliphatic rings. The molecular formula is C13H14N4OS. The van der Waals surface area contributed by atoms with Gasteiger partial charge in [-0.05, 0) is 6.07 Å². The van der Waals surface area contributed by atoms with Crippen LogP contribution in [0.1, 0.15) is 17.3 Å². The molecule has 19 heavy (non-hydrogen) atoms. The molecule has 3 aromatic heterocycles. The van der Waals surface area contributed by atoms with Gasteiger partial charge in [0.25, 0.3) is 0 Å². The lowest BCUT2D eigenvalue weighted by atomic mass is 10.0. The highest BCUT2D eigenvalue weighted by Gasteiger charge is 2.15. The molecule has 1 unspecified atom stereocenters. The van der Waals surface area contributed by atoms with Crippen molar-refractivity contribution in [2.45, 2.75) is 12.5 Å². The average molecular weight is 274 g/mol. The molecule has 3 rings (SSSR count). The van der Waals surface area contributed by atoms with Crippen molar-refractivity contribution in [3.63, 3.8) is 0 Å². The van der Waals surface area contributed by atoms with Gasteiger partial charge in [-0.3, -0.25) is 4.40 Å². The fourth-order valence-electron chi connectivity index (χ4n) is 2.07. The summed E-state index contributed by atoms with van der Waals surface area (Å²) in [4.78, 5) is 9.69. The van der Waals surface area contributed by atoms with Gasteiger partial charge >= 0.3 is 0 Å². The lowest BCUT2D eigenvalue weighted by Crippen LogP contribution is -2.15. The zero-order valence-electron chi connectivity index (χ0n) is 10.5. The Bertz CT molecular complexity index is 662. The van der Waals surface area contributed by atoms with Crippen LogP contribution in [0.25, 0.3) is 4.96 Å². The molecule has 0 spiro atoms. The maximum absolute atomic E-state index is 6.23. The molecule has 0 aliphatic carbocycles. The van der Waals surface area contributed by atoms with Gasteiger partial charge in [0.15, 0.2) is 4.96 Å². The van der Waals surface area contributed by atoms with E-state index in [-0.39, 0.29) is 6.04 Å². The first kappa shape index (κ1) is 12.1. The van der Waals surface area contributed by atoms with Crippen LogP contribution in [0.3, 0.4) is 0 Å². The first-order chi connectivity index (χ1) is 9.28. The van der Waals surface area contributed by atoms with Crippen molar-refractivity contribution in [2.75, 3.05) is 7.11 Å². The number of thiazole rings is 1. The van der Waals surface area contributed by atoms with Crippen molar-refractivity contribution in [3.05, 3.63) is 47.4 Å². The summed E-state index contributed by atoms with van der Waals surface area (Å²) in [6, 6.07) is 3.63. The number of aromatic nitrogens is 3. The highest BCUT2D eigenvalue weighted by molar-refractivity contribution is 7.15.